The highest BCUT2D eigenvalue weighted by atomic mass is 16.5. The molecule has 2 rings (SSSR count). The lowest BCUT2D eigenvalue weighted by atomic mass is 9.95. The molecule has 0 amide bonds. The molecule has 0 spiro atoms. The average molecular weight is 261 g/mol. The molecule has 1 aromatic carbocycles. The zero-order valence-electron chi connectivity index (χ0n) is 12.4. The van der Waals surface area contributed by atoms with E-state index in [2.05, 4.69) is 37.5 Å². The summed E-state index contributed by atoms with van der Waals surface area (Å²) in [4.78, 5) is 0. The van der Waals surface area contributed by atoms with Gasteiger partial charge in [-0.1, -0.05) is 50.8 Å². The van der Waals surface area contributed by atoms with Crippen LogP contribution >= 0.6 is 0 Å². The molecule has 2 nitrogen and oxygen atoms in total. The van der Waals surface area contributed by atoms with Gasteiger partial charge in [0.1, 0.15) is 5.75 Å². The maximum Gasteiger partial charge on any atom is 0.127 e. The van der Waals surface area contributed by atoms with E-state index < -0.39 is 0 Å². The van der Waals surface area contributed by atoms with Gasteiger partial charge in [-0.2, -0.15) is 0 Å². The summed E-state index contributed by atoms with van der Waals surface area (Å²) in [5.41, 5.74) is 2.74. The summed E-state index contributed by atoms with van der Waals surface area (Å²) < 4.78 is 5.92. The molecule has 0 aliphatic carbocycles. The molecule has 1 aliphatic rings. The van der Waals surface area contributed by atoms with Crippen molar-refractivity contribution in [3.8, 4) is 5.75 Å². The van der Waals surface area contributed by atoms with Crippen molar-refractivity contribution in [2.75, 3.05) is 13.7 Å². The molecule has 1 aromatic rings. The first-order valence-corrected chi connectivity index (χ1v) is 7.78. The van der Waals surface area contributed by atoms with Crippen molar-refractivity contribution in [3.63, 3.8) is 0 Å². The summed E-state index contributed by atoms with van der Waals surface area (Å²) in [5.74, 6) is 1.16. The van der Waals surface area contributed by atoms with Crippen LogP contribution in [0, 0.1) is 0 Å². The van der Waals surface area contributed by atoms with Gasteiger partial charge in [0.2, 0.25) is 0 Å². The van der Waals surface area contributed by atoms with Crippen molar-refractivity contribution >= 4 is 0 Å². The van der Waals surface area contributed by atoms with E-state index in [0.717, 1.165) is 25.2 Å². The van der Waals surface area contributed by atoms with E-state index in [0.29, 0.717) is 6.04 Å². The average Bonchev–Trinajstić information content (AvgIpc) is 2.47. The molecular formula is C17H27NO. The Kier molecular flexibility index (Phi) is 5.71. The Balaban J connectivity index is 2.05. The van der Waals surface area contributed by atoms with Crippen LogP contribution in [-0.4, -0.2) is 13.7 Å². The molecule has 1 unspecified atom stereocenters. The zero-order valence-corrected chi connectivity index (χ0v) is 12.4. The molecule has 19 heavy (non-hydrogen) atoms. The minimum absolute atomic E-state index is 0.435. The first-order valence-electron chi connectivity index (χ1n) is 7.78. The van der Waals surface area contributed by atoms with Crippen molar-refractivity contribution in [2.45, 2.75) is 57.9 Å². The zero-order chi connectivity index (χ0) is 13.5. The predicted octanol–water partition coefficient (Wildman–Crippen LogP) is 4.24. The number of aryl methyl sites for hydroxylation is 1. The van der Waals surface area contributed by atoms with Crippen LogP contribution < -0.4 is 10.1 Å². The van der Waals surface area contributed by atoms with E-state index in [1.165, 1.54) is 43.2 Å². The largest absolute Gasteiger partial charge is 0.493 e. The van der Waals surface area contributed by atoms with Gasteiger partial charge < -0.3 is 10.1 Å². The van der Waals surface area contributed by atoms with Crippen LogP contribution in [0.4, 0.5) is 0 Å². The summed E-state index contributed by atoms with van der Waals surface area (Å²) in [7, 11) is 2.06. The minimum Gasteiger partial charge on any atom is -0.493 e. The third-order valence-electron chi connectivity index (χ3n) is 4.03. The van der Waals surface area contributed by atoms with Gasteiger partial charge in [0.05, 0.1) is 6.61 Å². The van der Waals surface area contributed by atoms with Gasteiger partial charge in [-0.25, -0.2) is 0 Å². The van der Waals surface area contributed by atoms with Crippen molar-refractivity contribution in [3.05, 3.63) is 29.3 Å². The maximum atomic E-state index is 5.92. The first-order chi connectivity index (χ1) is 9.36. The van der Waals surface area contributed by atoms with Gasteiger partial charge in [-0.15, -0.1) is 0 Å². The standard InChI is InChI=1S/C17H27NO/c1-3-4-5-6-12-16(18-2)15-11-7-9-14-10-8-13-19-17(14)15/h7,9,11,16,18H,3-6,8,10,12-13H2,1-2H3. The highest BCUT2D eigenvalue weighted by molar-refractivity contribution is 5.44. The van der Waals surface area contributed by atoms with Gasteiger partial charge in [0.25, 0.3) is 0 Å². The molecule has 0 bridgehead atoms. The molecule has 0 radical (unpaired) electrons. The van der Waals surface area contributed by atoms with Crippen LogP contribution in [0.3, 0.4) is 0 Å². The number of para-hydroxylation sites is 1. The van der Waals surface area contributed by atoms with Crippen LogP contribution in [-0.2, 0) is 6.42 Å². The third kappa shape index (κ3) is 3.73. The van der Waals surface area contributed by atoms with Gasteiger partial charge in [0, 0.05) is 11.6 Å². The number of rotatable bonds is 7. The first kappa shape index (κ1) is 14.4. The molecule has 0 aromatic heterocycles. The van der Waals surface area contributed by atoms with Crippen molar-refractivity contribution in [2.24, 2.45) is 0 Å². The molecule has 1 aliphatic heterocycles. The number of benzene rings is 1. The van der Waals surface area contributed by atoms with E-state index in [-0.39, 0.29) is 0 Å². The Hall–Kier alpha value is -1.02. The Morgan fingerprint density at radius 2 is 2.16 bits per heavy atom. The second-order valence-corrected chi connectivity index (χ2v) is 5.48. The van der Waals surface area contributed by atoms with Crippen molar-refractivity contribution < 1.29 is 4.74 Å². The highest BCUT2D eigenvalue weighted by Crippen LogP contribution is 2.34. The van der Waals surface area contributed by atoms with Gasteiger partial charge in [-0.05, 0) is 31.9 Å². The Morgan fingerprint density at radius 3 is 2.95 bits per heavy atom. The third-order valence-corrected chi connectivity index (χ3v) is 4.03. The van der Waals surface area contributed by atoms with Gasteiger partial charge >= 0.3 is 0 Å². The van der Waals surface area contributed by atoms with E-state index in [1.54, 1.807) is 0 Å². The quantitative estimate of drug-likeness (QED) is 0.741. The monoisotopic (exact) mass is 261 g/mol. The lowest BCUT2D eigenvalue weighted by molar-refractivity contribution is 0.281. The summed E-state index contributed by atoms with van der Waals surface area (Å²) in [6.45, 7) is 3.13. The molecule has 0 fully saturated rings. The molecule has 1 atom stereocenters. The molecule has 2 heteroatoms. The SMILES string of the molecule is CCCCCCC(NC)c1cccc2c1OCCC2. The second-order valence-electron chi connectivity index (χ2n) is 5.48. The number of ether oxygens (including phenoxy) is 1. The number of unbranched alkanes of at least 4 members (excludes halogenated alkanes) is 3. The summed E-state index contributed by atoms with van der Waals surface area (Å²) >= 11 is 0. The molecular weight excluding hydrogens is 234 g/mol. The number of fused-ring (bicyclic) bond motifs is 1. The Morgan fingerprint density at radius 1 is 1.26 bits per heavy atom. The molecule has 106 valence electrons. The van der Waals surface area contributed by atoms with Crippen molar-refractivity contribution in [1.82, 2.24) is 5.32 Å². The van der Waals surface area contributed by atoms with E-state index >= 15 is 0 Å². The van der Waals surface area contributed by atoms with Crippen LogP contribution in [0.2, 0.25) is 0 Å². The topological polar surface area (TPSA) is 21.3 Å². The Labute approximate surface area is 117 Å². The fourth-order valence-electron chi connectivity index (χ4n) is 2.92. The fourth-order valence-corrected chi connectivity index (χ4v) is 2.92. The number of hydrogen-bond donors (Lipinski definition) is 1. The van der Waals surface area contributed by atoms with E-state index in [1.807, 2.05) is 0 Å². The molecule has 0 saturated heterocycles. The number of hydrogen-bond acceptors (Lipinski definition) is 2. The van der Waals surface area contributed by atoms with Crippen LogP contribution in [0.15, 0.2) is 18.2 Å². The summed E-state index contributed by atoms with van der Waals surface area (Å²) in [5, 5.41) is 3.47. The molecule has 0 saturated carbocycles. The van der Waals surface area contributed by atoms with E-state index in [4.69, 9.17) is 4.74 Å². The summed E-state index contributed by atoms with van der Waals surface area (Å²) in [6, 6.07) is 7.05. The predicted molar refractivity (Wildman–Crippen MR) is 80.8 cm³/mol. The van der Waals surface area contributed by atoms with Crippen LogP contribution in [0.5, 0.6) is 5.75 Å². The van der Waals surface area contributed by atoms with Crippen LogP contribution in [0.1, 0.15) is 62.6 Å². The van der Waals surface area contributed by atoms with Crippen LogP contribution in [0.25, 0.3) is 0 Å². The second kappa shape index (κ2) is 7.54. The molecule has 1 heterocycles. The Bertz CT molecular complexity index is 389. The van der Waals surface area contributed by atoms with Crippen molar-refractivity contribution in [1.29, 1.82) is 0 Å². The minimum atomic E-state index is 0.435. The smallest absolute Gasteiger partial charge is 0.127 e. The van der Waals surface area contributed by atoms with Gasteiger partial charge in [0.15, 0.2) is 0 Å². The van der Waals surface area contributed by atoms with Gasteiger partial charge in [-0.3, -0.25) is 0 Å². The summed E-state index contributed by atoms with van der Waals surface area (Å²) in [6.07, 6.45) is 8.80. The maximum absolute atomic E-state index is 5.92. The lowest BCUT2D eigenvalue weighted by Gasteiger charge is -2.25. The fraction of sp³-hybridized carbons (Fsp3) is 0.647. The lowest BCUT2D eigenvalue weighted by Crippen LogP contribution is -2.19. The normalized spacial score (nSPS) is 15.7. The molecule has 1 N–H and O–H groups in total. The highest BCUT2D eigenvalue weighted by Gasteiger charge is 2.19. The number of nitrogens with one attached hydrogen (secondary N) is 1. The van der Waals surface area contributed by atoms with E-state index in [9.17, 15) is 0 Å².